The van der Waals surface area contributed by atoms with Gasteiger partial charge in [-0.3, -0.25) is 4.79 Å². The van der Waals surface area contributed by atoms with E-state index >= 15 is 0 Å². The molecule has 5 nitrogen and oxygen atoms in total. The van der Waals surface area contributed by atoms with Gasteiger partial charge in [0.15, 0.2) is 0 Å². The van der Waals surface area contributed by atoms with Crippen LogP contribution in [0.1, 0.15) is 65.4 Å². The average Bonchev–Trinajstić information content (AvgIpc) is 2.55. The van der Waals surface area contributed by atoms with Crippen LogP contribution in [0.4, 0.5) is 4.79 Å². The van der Waals surface area contributed by atoms with E-state index in [0.717, 1.165) is 18.4 Å². The van der Waals surface area contributed by atoms with E-state index in [-0.39, 0.29) is 17.3 Å². The number of nitrogens with one attached hydrogen (secondary N) is 1. The molecule has 5 heteroatoms. The number of methoxy groups -OCH3 is 1. The lowest BCUT2D eigenvalue weighted by molar-refractivity contribution is -0.143. The first-order chi connectivity index (χ1) is 12.0. The smallest absolute Gasteiger partial charge is 0.407 e. The summed E-state index contributed by atoms with van der Waals surface area (Å²) in [7, 11) is 1.43. The Hall–Kier alpha value is -2.04. The van der Waals surface area contributed by atoms with Gasteiger partial charge >= 0.3 is 12.1 Å². The predicted molar refractivity (Wildman–Crippen MR) is 103 cm³/mol. The molecular weight excluding hydrogens is 330 g/mol. The van der Waals surface area contributed by atoms with Crippen LogP contribution in [0.3, 0.4) is 0 Å². The summed E-state index contributed by atoms with van der Waals surface area (Å²) in [4.78, 5) is 23.9. The van der Waals surface area contributed by atoms with Crippen LogP contribution >= 0.6 is 0 Å². The van der Waals surface area contributed by atoms with E-state index in [9.17, 15) is 9.59 Å². The van der Waals surface area contributed by atoms with Crippen LogP contribution in [0, 0.1) is 5.41 Å². The van der Waals surface area contributed by atoms with Gasteiger partial charge in [0, 0.05) is 6.54 Å². The molecule has 146 valence electrons. The summed E-state index contributed by atoms with van der Waals surface area (Å²) in [6.07, 6.45) is 1.99. The van der Waals surface area contributed by atoms with Gasteiger partial charge in [0.1, 0.15) is 5.60 Å². The van der Waals surface area contributed by atoms with Gasteiger partial charge < -0.3 is 14.8 Å². The van der Waals surface area contributed by atoms with Gasteiger partial charge in [-0.2, -0.15) is 0 Å². The van der Waals surface area contributed by atoms with Crippen LogP contribution in [-0.2, 0) is 14.3 Å². The van der Waals surface area contributed by atoms with Crippen LogP contribution in [0.5, 0.6) is 0 Å². The quantitative estimate of drug-likeness (QED) is 0.539. The Labute approximate surface area is 157 Å². The highest BCUT2D eigenvalue weighted by atomic mass is 16.6. The zero-order chi connectivity index (χ0) is 19.8. The molecule has 0 aliphatic heterocycles. The Kier molecular flexibility index (Phi) is 8.12. The van der Waals surface area contributed by atoms with Crippen molar-refractivity contribution in [1.29, 1.82) is 0 Å². The Morgan fingerprint density at radius 2 is 1.69 bits per heavy atom. The molecule has 0 saturated heterocycles. The topological polar surface area (TPSA) is 64.6 Å². The zero-order valence-corrected chi connectivity index (χ0v) is 16.9. The molecule has 0 spiro atoms. The SMILES string of the molecule is COC(=O)C(CC(C)(C)CCCNC(=O)OC(C)(C)C)c1ccccc1. The van der Waals surface area contributed by atoms with E-state index in [1.54, 1.807) is 0 Å². The van der Waals surface area contributed by atoms with E-state index in [1.807, 2.05) is 51.1 Å². The summed E-state index contributed by atoms with van der Waals surface area (Å²) in [5, 5.41) is 2.78. The van der Waals surface area contributed by atoms with Crippen LogP contribution in [0.2, 0.25) is 0 Å². The molecule has 1 aromatic rings. The summed E-state index contributed by atoms with van der Waals surface area (Å²) in [6, 6.07) is 9.72. The number of benzene rings is 1. The van der Waals surface area contributed by atoms with E-state index < -0.39 is 11.7 Å². The minimum atomic E-state index is -0.493. The summed E-state index contributed by atoms with van der Waals surface area (Å²) in [5.74, 6) is -0.494. The van der Waals surface area contributed by atoms with Gasteiger partial charge in [-0.15, -0.1) is 0 Å². The highest BCUT2D eigenvalue weighted by Gasteiger charge is 2.29. The minimum Gasteiger partial charge on any atom is -0.469 e. The van der Waals surface area contributed by atoms with E-state index in [0.29, 0.717) is 13.0 Å². The second-order valence-electron chi connectivity index (χ2n) is 8.39. The lowest BCUT2D eigenvalue weighted by Crippen LogP contribution is -2.33. The predicted octanol–water partition coefficient (Wildman–Crippen LogP) is 4.66. The molecule has 0 aliphatic rings. The van der Waals surface area contributed by atoms with Crippen molar-refractivity contribution in [2.75, 3.05) is 13.7 Å². The second-order valence-corrected chi connectivity index (χ2v) is 8.39. The summed E-state index contributed by atoms with van der Waals surface area (Å²) in [6.45, 7) is 10.3. The molecule has 0 aliphatic carbocycles. The first-order valence-corrected chi connectivity index (χ1v) is 9.14. The van der Waals surface area contributed by atoms with Gasteiger partial charge in [0.05, 0.1) is 13.0 Å². The second kappa shape index (κ2) is 9.60. The van der Waals surface area contributed by atoms with Crippen molar-refractivity contribution in [1.82, 2.24) is 5.32 Å². The fourth-order valence-electron chi connectivity index (χ4n) is 2.89. The van der Waals surface area contributed by atoms with Crippen LogP contribution < -0.4 is 5.32 Å². The number of ether oxygens (including phenoxy) is 2. The number of carbonyl (C=O) groups excluding carboxylic acids is 2. The Balaban J connectivity index is 2.55. The van der Waals surface area contributed by atoms with Crippen molar-refractivity contribution in [2.24, 2.45) is 5.41 Å². The van der Waals surface area contributed by atoms with Crippen molar-refractivity contribution in [3.8, 4) is 0 Å². The van der Waals surface area contributed by atoms with E-state index in [2.05, 4.69) is 19.2 Å². The number of hydrogen-bond acceptors (Lipinski definition) is 4. The summed E-state index contributed by atoms with van der Waals surface area (Å²) >= 11 is 0. The maximum atomic E-state index is 12.2. The van der Waals surface area contributed by atoms with Crippen LogP contribution in [0.15, 0.2) is 30.3 Å². The molecule has 1 unspecified atom stereocenters. The maximum absolute atomic E-state index is 12.2. The van der Waals surface area contributed by atoms with Crippen LogP contribution in [0.25, 0.3) is 0 Å². The maximum Gasteiger partial charge on any atom is 0.407 e. The fraction of sp³-hybridized carbons (Fsp3) is 0.619. The summed E-state index contributed by atoms with van der Waals surface area (Å²) in [5.41, 5.74) is 0.413. The lowest BCUT2D eigenvalue weighted by atomic mass is 9.77. The highest BCUT2D eigenvalue weighted by Crippen LogP contribution is 2.35. The normalized spacial score (nSPS) is 13.0. The molecule has 0 aromatic heterocycles. The number of amides is 1. The molecule has 1 rings (SSSR count). The van der Waals surface area contributed by atoms with Gasteiger partial charge in [0.2, 0.25) is 0 Å². The number of hydrogen-bond donors (Lipinski definition) is 1. The summed E-state index contributed by atoms with van der Waals surface area (Å²) < 4.78 is 10.2. The monoisotopic (exact) mass is 363 g/mol. The molecule has 1 amide bonds. The first-order valence-electron chi connectivity index (χ1n) is 9.14. The van der Waals surface area contributed by atoms with Gasteiger partial charge in [-0.25, -0.2) is 4.79 Å². The molecule has 0 saturated carbocycles. The molecule has 0 bridgehead atoms. The third-order valence-electron chi connectivity index (χ3n) is 4.14. The third kappa shape index (κ3) is 8.37. The van der Waals surface area contributed by atoms with Gasteiger partial charge in [0.25, 0.3) is 0 Å². The standard InChI is InChI=1S/C21H33NO4/c1-20(2,3)26-19(24)22-14-10-13-21(4,5)15-17(18(23)25-6)16-11-8-7-9-12-16/h7-9,11-12,17H,10,13-15H2,1-6H3,(H,22,24). The van der Waals surface area contributed by atoms with Gasteiger partial charge in [-0.1, -0.05) is 44.2 Å². The number of esters is 1. The fourth-order valence-corrected chi connectivity index (χ4v) is 2.89. The molecule has 0 heterocycles. The van der Waals surface area contributed by atoms with Gasteiger partial charge in [-0.05, 0) is 51.0 Å². The molecule has 0 radical (unpaired) electrons. The van der Waals surface area contributed by atoms with Crippen molar-refractivity contribution >= 4 is 12.1 Å². The van der Waals surface area contributed by atoms with Crippen molar-refractivity contribution in [3.63, 3.8) is 0 Å². The van der Waals surface area contributed by atoms with Crippen molar-refractivity contribution < 1.29 is 19.1 Å². The van der Waals surface area contributed by atoms with Crippen molar-refractivity contribution in [3.05, 3.63) is 35.9 Å². The largest absolute Gasteiger partial charge is 0.469 e. The molecule has 0 fully saturated rings. The van der Waals surface area contributed by atoms with Crippen LogP contribution in [-0.4, -0.2) is 31.3 Å². The Bertz CT molecular complexity index is 575. The Morgan fingerprint density at radius 1 is 1.08 bits per heavy atom. The molecular formula is C21H33NO4. The first kappa shape index (κ1) is 22.0. The molecule has 1 aromatic carbocycles. The number of alkyl carbamates (subject to hydrolysis) is 1. The minimum absolute atomic E-state index is 0.0652. The van der Waals surface area contributed by atoms with Crippen molar-refractivity contribution in [2.45, 2.75) is 65.4 Å². The van der Waals surface area contributed by atoms with E-state index in [1.165, 1.54) is 7.11 Å². The Morgan fingerprint density at radius 3 is 2.23 bits per heavy atom. The third-order valence-corrected chi connectivity index (χ3v) is 4.14. The van der Waals surface area contributed by atoms with E-state index in [4.69, 9.17) is 9.47 Å². The molecule has 1 atom stereocenters. The zero-order valence-electron chi connectivity index (χ0n) is 16.9. The molecule has 1 N–H and O–H groups in total. The lowest BCUT2D eigenvalue weighted by Gasteiger charge is -2.29. The number of carbonyl (C=O) groups is 2. The highest BCUT2D eigenvalue weighted by molar-refractivity contribution is 5.78. The molecule has 26 heavy (non-hydrogen) atoms. The number of rotatable bonds is 8. The average molecular weight is 363 g/mol.